The lowest BCUT2D eigenvalue weighted by atomic mass is 10.0. The molecular weight excluding hydrogens is 414 g/mol. The highest BCUT2D eigenvalue weighted by molar-refractivity contribution is 7.91. The van der Waals surface area contributed by atoms with Crippen molar-refractivity contribution in [2.45, 2.75) is 38.0 Å². The molecule has 0 bridgehead atoms. The molecule has 1 heterocycles. The molecule has 0 fully saturated rings. The third-order valence-corrected chi connectivity index (χ3v) is 6.88. The summed E-state index contributed by atoms with van der Waals surface area (Å²) in [5, 5.41) is 3.45. The van der Waals surface area contributed by atoms with E-state index in [1.54, 1.807) is 6.07 Å². The molecule has 29 heavy (non-hydrogen) atoms. The van der Waals surface area contributed by atoms with Crippen LogP contribution in [0.1, 0.15) is 31.4 Å². The van der Waals surface area contributed by atoms with Crippen LogP contribution in [-0.2, 0) is 27.5 Å². The predicted molar refractivity (Wildman–Crippen MR) is 113 cm³/mol. The Morgan fingerprint density at radius 1 is 1.07 bits per heavy atom. The zero-order valence-corrected chi connectivity index (χ0v) is 18.0. The van der Waals surface area contributed by atoms with Gasteiger partial charge < -0.3 is 14.8 Å². The minimum absolute atomic E-state index is 0.112. The van der Waals surface area contributed by atoms with Crippen molar-refractivity contribution in [1.82, 2.24) is 0 Å². The fourth-order valence-electron chi connectivity index (χ4n) is 3.23. The third-order valence-electron chi connectivity index (χ3n) is 4.81. The van der Waals surface area contributed by atoms with Crippen LogP contribution in [0.15, 0.2) is 35.2 Å². The fourth-order valence-corrected chi connectivity index (χ4v) is 4.77. The minimum Gasteiger partial charge on any atom is -0.486 e. The quantitative estimate of drug-likeness (QED) is 0.706. The number of benzene rings is 2. The van der Waals surface area contributed by atoms with Gasteiger partial charge in [0.2, 0.25) is 5.91 Å². The Labute approximate surface area is 176 Å². The second-order valence-corrected chi connectivity index (χ2v) is 9.21. The highest BCUT2D eigenvalue weighted by atomic mass is 35.5. The van der Waals surface area contributed by atoms with Crippen LogP contribution >= 0.6 is 11.6 Å². The summed E-state index contributed by atoms with van der Waals surface area (Å²) in [5.74, 6) is 0.258. The zero-order valence-electron chi connectivity index (χ0n) is 16.5. The van der Waals surface area contributed by atoms with Gasteiger partial charge in [-0.15, -0.1) is 0 Å². The summed E-state index contributed by atoms with van der Waals surface area (Å²) < 4.78 is 36.2. The molecule has 8 heteroatoms. The molecule has 6 nitrogen and oxygen atoms in total. The van der Waals surface area contributed by atoms with Gasteiger partial charge >= 0.3 is 0 Å². The number of carbonyl (C=O) groups is 1. The number of nitrogens with one attached hydrogen (secondary N) is 1. The highest BCUT2D eigenvalue weighted by Crippen LogP contribution is 2.33. The van der Waals surface area contributed by atoms with Crippen molar-refractivity contribution < 1.29 is 22.7 Å². The van der Waals surface area contributed by atoms with E-state index >= 15 is 0 Å². The van der Waals surface area contributed by atoms with Gasteiger partial charge in [-0.1, -0.05) is 31.5 Å². The van der Waals surface area contributed by atoms with E-state index in [1.165, 1.54) is 12.1 Å². The molecule has 0 spiro atoms. The standard InChI is InChI=1S/C21H24ClNO5S/c1-3-14-5-7-17(22)16(4-2)21(14)23-20(24)9-12-29(25,26)15-6-8-18-19(13-15)28-11-10-27-18/h5-8,13H,3-4,9-12H2,1-2H3,(H,23,24). The van der Waals surface area contributed by atoms with Crippen molar-refractivity contribution >= 4 is 33.0 Å². The number of anilines is 1. The van der Waals surface area contributed by atoms with Gasteiger partial charge in [-0.25, -0.2) is 8.42 Å². The Balaban J connectivity index is 1.72. The topological polar surface area (TPSA) is 81.7 Å². The number of rotatable bonds is 7. The van der Waals surface area contributed by atoms with Crippen LogP contribution in [0.2, 0.25) is 5.02 Å². The van der Waals surface area contributed by atoms with Crippen LogP contribution in [0.25, 0.3) is 0 Å². The summed E-state index contributed by atoms with van der Waals surface area (Å²) in [6, 6.07) is 8.20. The molecule has 1 N–H and O–H groups in total. The molecule has 0 radical (unpaired) electrons. The Morgan fingerprint density at radius 3 is 2.48 bits per heavy atom. The second-order valence-electron chi connectivity index (χ2n) is 6.69. The van der Waals surface area contributed by atoms with E-state index < -0.39 is 9.84 Å². The molecule has 0 unspecified atom stereocenters. The number of ether oxygens (including phenoxy) is 2. The molecule has 156 valence electrons. The van der Waals surface area contributed by atoms with Crippen LogP contribution in [0.4, 0.5) is 5.69 Å². The number of hydrogen-bond donors (Lipinski definition) is 1. The van der Waals surface area contributed by atoms with Gasteiger partial charge in [0.15, 0.2) is 21.3 Å². The number of fused-ring (bicyclic) bond motifs is 1. The van der Waals surface area contributed by atoms with Crippen molar-refractivity contribution in [2.75, 3.05) is 24.3 Å². The maximum Gasteiger partial charge on any atom is 0.225 e. The summed E-state index contributed by atoms with van der Waals surface area (Å²) in [6.07, 6.45) is 1.24. The maximum absolute atomic E-state index is 12.7. The van der Waals surface area contributed by atoms with E-state index in [1.807, 2.05) is 26.0 Å². The van der Waals surface area contributed by atoms with Crippen molar-refractivity contribution in [3.8, 4) is 11.5 Å². The largest absolute Gasteiger partial charge is 0.486 e. The Hall–Kier alpha value is -2.25. The zero-order chi connectivity index (χ0) is 21.0. The molecule has 2 aromatic rings. The number of carbonyl (C=O) groups excluding carboxylic acids is 1. The van der Waals surface area contributed by atoms with Gasteiger partial charge in [0.25, 0.3) is 0 Å². The van der Waals surface area contributed by atoms with E-state index in [4.69, 9.17) is 21.1 Å². The molecule has 2 aromatic carbocycles. The lowest BCUT2D eigenvalue weighted by Gasteiger charge is -2.19. The first-order valence-electron chi connectivity index (χ1n) is 9.58. The van der Waals surface area contributed by atoms with Crippen molar-refractivity contribution in [3.63, 3.8) is 0 Å². The number of hydrogen-bond acceptors (Lipinski definition) is 5. The molecule has 0 aromatic heterocycles. The van der Waals surface area contributed by atoms with Gasteiger partial charge in [-0.05, 0) is 42.2 Å². The van der Waals surface area contributed by atoms with Crippen LogP contribution in [0, 0.1) is 0 Å². The van der Waals surface area contributed by atoms with E-state index in [0.29, 0.717) is 41.8 Å². The van der Waals surface area contributed by atoms with Gasteiger partial charge in [0.05, 0.1) is 10.6 Å². The van der Waals surface area contributed by atoms with Crippen molar-refractivity contribution in [3.05, 3.63) is 46.5 Å². The molecule has 1 amide bonds. The van der Waals surface area contributed by atoms with Crippen molar-refractivity contribution in [1.29, 1.82) is 0 Å². The fraction of sp³-hybridized carbons (Fsp3) is 0.381. The first kappa shape index (κ1) is 21.5. The summed E-state index contributed by atoms with van der Waals surface area (Å²) >= 11 is 6.26. The van der Waals surface area contributed by atoms with Gasteiger partial charge in [0.1, 0.15) is 13.2 Å². The molecule has 0 aliphatic carbocycles. The monoisotopic (exact) mass is 437 g/mol. The molecule has 3 rings (SSSR count). The predicted octanol–water partition coefficient (Wildman–Crippen LogP) is 4.04. The number of sulfone groups is 1. The average Bonchev–Trinajstić information content (AvgIpc) is 2.72. The lowest BCUT2D eigenvalue weighted by Crippen LogP contribution is -2.20. The SMILES string of the molecule is CCc1ccc(Cl)c(CC)c1NC(=O)CCS(=O)(=O)c1ccc2c(c1)OCCO2. The second kappa shape index (κ2) is 9.05. The Bertz CT molecular complexity index is 1020. The van der Waals surface area contributed by atoms with Crippen molar-refractivity contribution in [2.24, 2.45) is 0 Å². The normalized spacial score (nSPS) is 13.2. The smallest absolute Gasteiger partial charge is 0.225 e. The summed E-state index contributed by atoms with van der Waals surface area (Å²) in [7, 11) is -3.64. The summed E-state index contributed by atoms with van der Waals surface area (Å²) in [5.41, 5.74) is 2.51. The van der Waals surface area contributed by atoms with E-state index in [2.05, 4.69) is 5.32 Å². The van der Waals surface area contributed by atoms with E-state index in [0.717, 1.165) is 17.5 Å². The molecular formula is C21H24ClNO5S. The van der Waals surface area contributed by atoms with Crippen LogP contribution in [-0.4, -0.2) is 33.3 Å². The van der Waals surface area contributed by atoms with E-state index in [-0.39, 0.29) is 23.0 Å². The highest BCUT2D eigenvalue weighted by Gasteiger charge is 2.21. The van der Waals surface area contributed by atoms with Crippen LogP contribution < -0.4 is 14.8 Å². The van der Waals surface area contributed by atoms with Gasteiger partial charge in [0, 0.05) is 23.2 Å². The first-order chi connectivity index (χ1) is 13.9. The molecule has 1 aliphatic rings. The first-order valence-corrected chi connectivity index (χ1v) is 11.6. The summed E-state index contributed by atoms with van der Waals surface area (Å²) in [6.45, 7) is 4.76. The number of amides is 1. The lowest BCUT2D eigenvalue weighted by molar-refractivity contribution is -0.115. The molecule has 0 saturated carbocycles. The van der Waals surface area contributed by atoms with Crippen LogP contribution in [0.3, 0.4) is 0 Å². The average molecular weight is 438 g/mol. The van der Waals surface area contributed by atoms with Gasteiger partial charge in [-0.3, -0.25) is 4.79 Å². The van der Waals surface area contributed by atoms with Gasteiger partial charge in [-0.2, -0.15) is 0 Å². The third kappa shape index (κ3) is 4.85. The van der Waals surface area contributed by atoms with E-state index in [9.17, 15) is 13.2 Å². The maximum atomic E-state index is 12.7. The Morgan fingerprint density at radius 2 is 1.79 bits per heavy atom. The molecule has 1 aliphatic heterocycles. The molecule has 0 saturated heterocycles. The Kier molecular flexibility index (Phi) is 6.70. The summed E-state index contributed by atoms with van der Waals surface area (Å²) in [4.78, 5) is 12.6. The number of aryl methyl sites for hydroxylation is 1. The molecule has 0 atom stereocenters. The number of halogens is 1. The van der Waals surface area contributed by atoms with Crippen LogP contribution in [0.5, 0.6) is 11.5 Å². The minimum atomic E-state index is -3.64.